The SMILES string of the molecule is Cc1cc(-c2ccc(CC(=O)Cc3ccccc3C)cc2)ccn1. The molecule has 0 unspecified atom stereocenters. The first-order chi connectivity index (χ1) is 11.6. The molecule has 0 saturated heterocycles. The highest BCUT2D eigenvalue weighted by atomic mass is 16.1. The van der Waals surface area contributed by atoms with Crippen LogP contribution in [0.3, 0.4) is 0 Å². The predicted octanol–water partition coefficient (Wildman–Crippen LogP) is 4.72. The Labute approximate surface area is 143 Å². The first-order valence-corrected chi connectivity index (χ1v) is 8.20. The monoisotopic (exact) mass is 315 g/mol. The van der Waals surface area contributed by atoms with E-state index >= 15 is 0 Å². The van der Waals surface area contributed by atoms with Gasteiger partial charge in [-0.25, -0.2) is 0 Å². The third-order valence-corrected chi connectivity index (χ3v) is 4.23. The predicted molar refractivity (Wildman–Crippen MR) is 98.0 cm³/mol. The first-order valence-electron chi connectivity index (χ1n) is 8.20. The number of ketones is 1. The highest BCUT2D eigenvalue weighted by Crippen LogP contribution is 2.20. The Morgan fingerprint density at radius 3 is 2.33 bits per heavy atom. The minimum absolute atomic E-state index is 0.247. The van der Waals surface area contributed by atoms with Crippen molar-refractivity contribution in [2.75, 3.05) is 0 Å². The molecule has 2 nitrogen and oxygen atoms in total. The maximum Gasteiger partial charge on any atom is 0.141 e. The lowest BCUT2D eigenvalue weighted by atomic mass is 9.98. The van der Waals surface area contributed by atoms with Crippen LogP contribution in [0.25, 0.3) is 11.1 Å². The van der Waals surface area contributed by atoms with E-state index in [4.69, 9.17) is 0 Å². The van der Waals surface area contributed by atoms with Crippen LogP contribution in [0.15, 0.2) is 66.9 Å². The van der Waals surface area contributed by atoms with Gasteiger partial charge in [0.05, 0.1) is 0 Å². The van der Waals surface area contributed by atoms with E-state index in [0.29, 0.717) is 12.8 Å². The Kier molecular flexibility index (Phi) is 4.85. The summed E-state index contributed by atoms with van der Waals surface area (Å²) in [4.78, 5) is 16.5. The summed E-state index contributed by atoms with van der Waals surface area (Å²) < 4.78 is 0. The molecule has 3 rings (SSSR count). The number of aryl methyl sites for hydroxylation is 2. The van der Waals surface area contributed by atoms with Crippen LogP contribution in [0.5, 0.6) is 0 Å². The maximum absolute atomic E-state index is 12.3. The van der Waals surface area contributed by atoms with E-state index in [0.717, 1.165) is 27.9 Å². The summed E-state index contributed by atoms with van der Waals surface area (Å²) >= 11 is 0. The van der Waals surface area contributed by atoms with Crippen molar-refractivity contribution in [1.29, 1.82) is 0 Å². The number of benzene rings is 2. The molecule has 0 amide bonds. The van der Waals surface area contributed by atoms with Crippen molar-refractivity contribution in [2.24, 2.45) is 0 Å². The van der Waals surface area contributed by atoms with Crippen molar-refractivity contribution in [3.63, 3.8) is 0 Å². The van der Waals surface area contributed by atoms with Crippen molar-refractivity contribution in [2.45, 2.75) is 26.7 Å². The number of Topliss-reactive ketones (excluding diaryl/α,β-unsaturated/α-hetero) is 1. The van der Waals surface area contributed by atoms with Gasteiger partial charge in [-0.2, -0.15) is 0 Å². The standard InChI is InChI=1S/C22H21NO/c1-16-5-3-4-6-20(16)15-22(24)14-18-7-9-19(10-8-18)21-11-12-23-17(2)13-21/h3-13H,14-15H2,1-2H3. The molecule has 0 saturated carbocycles. The smallest absolute Gasteiger partial charge is 0.141 e. The zero-order valence-corrected chi connectivity index (χ0v) is 14.1. The normalized spacial score (nSPS) is 10.6. The van der Waals surface area contributed by atoms with Crippen LogP contribution in [-0.2, 0) is 17.6 Å². The van der Waals surface area contributed by atoms with Gasteiger partial charge in [0.25, 0.3) is 0 Å². The van der Waals surface area contributed by atoms with Gasteiger partial charge in [0, 0.05) is 24.7 Å². The van der Waals surface area contributed by atoms with Gasteiger partial charge in [-0.3, -0.25) is 9.78 Å². The van der Waals surface area contributed by atoms with E-state index in [1.807, 2.05) is 62.5 Å². The average Bonchev–Trinajstić information content (AvgIpc) is 2.58. The van der Waals surface area contributed by atoms with E-state index in [1.165, 1.54) is 5.56 Å². The summed E-state index contributed by atoms with van der Waals surface area (Å²) in [5.41, 5.74) is 6.66. The maximum atomic E-state index is 12.3. The van der Waals surface area contributed by atoms with E-state index in [2.05, 4.69) is 23.2 Å². The molecule has 0 radical (unpaired) electrons. The summed E-state index contributed by atoms with van der Waals surface area (Å²) in [5, 5.41) is 0. The number of nitrogens with zero attached hydrogens (tertiary/aromatic N) is 1. The summed E-state index contributed by atoms with van der Waals surface area (Å²) in [6.07, 6.45) is 2.80. The fourth-order valence-corrected chi connectivity index (χ4v) is 2.85. The fourth-order valence-electron chi connectivity index (χ4n) is 2.85. The van der Waals surface area contributed by atoms with Gasteiger partial charge in [0.15, 0.2) is 0 Å². The van der Waals surface area contributed by atoms with Gasteiger partial charge in [-0.15, -0.1) is 0 Å². The molecule has 0 N–H and O–H groups in total. The van der Waals surface area contributed by atoms with Crippen LogP contribution in [0.2, 0.25) is 0 Å². The molecule has 0 atom stereocenters. The van der Waals surface area contributed by atoms with Crippen LogP contribution in [0.1, 0.15) is 22.4 Å². The Hall–Kier alpha value is -2.74. The third-order valence-electron chi connectivity index (χ3n) is 4.23. The van der Waals surface area contributed by atoms with Crippen molar-refractivity contribution >= 4 is 5.78 Å². The molecule has 2 aromatic carbocycles. The number of hydrogen-bond acceptors (Lipinski definition) is 2. The molecule has 0 aliphatic carbocycles. The van der Waals surface area contributed by atoms with E-state index in [9.17, 15) is 4.79 Å². The molecule has 120 valence electrons. The molecule has 0 fully saturated rings. The number of rotatable bonds is 5. The molecule has 0 aliphatic heterocycles. The number of carbonyl (C=O) groups excluding carboxylic acids is 1. The number of carbonyl (C=O) groups is 1. The minimum Gasteiger partial charge on any atom is -0.299 e. The lowest BCUT2D eigenvalue weighted by Gasteiger charge is -2.07. The van der Waals surface area contributed by atoms with Crippen molar-refractivity contribution in [1.82, 2.24) is 4.98 Å². The molecule has 24 heavy (non-hydrogen) atoms. The Morgan fingerprint density at radius 2 is 1.62 bits per heavy atom. The molecule has 0 bridgehead atoms. The quantitative estimate of drug-likeness (QED) is 0.682. The summed E-state index contributed by atoms with van der Waals surface area (Å²) in [6, 6.07) is 20.4. The van der Waals surface area contributed by atoms with Crippen LogP contribution < -0.4 is 0 Å². The van der Waals surface area contributed by atoms with Gasteiger partial charge in [0.1, 0.15) is 5.78 Å². The highest BCUT2D eigenvalue weighted by molar-refractivity contribution is 5.83. The summed E-state index contributed by atoms with van der Waals surface area (Å²) in [5.74, 6) is 0.247. The molecular formula is C22H21NO. The summed E-state index contributed by atoms with van der Waals surface area (Å²) in [7, 11) is 0. The molecule has 3 aromatic rings. The molecule has 2 heteroatoms. The lowest BCUT2D eigenvalue weighted by Crippen LogP contribution is -2.07. The second-order valence-corrected chi connectivity index (χ2v) is 6.20. The largest absolute Gasteiger partial charge is 0.299 e. The van der Waals surface area contributed by atoms with Crippen molar-refractivity contribution in [3.05, 3.63) is 89.2 Å². The highest BCUT2D eigenvalue weighted by Gasteiger charge is 2.07. The molecule has 0 aliphatic rings. The average molecular weight is 315 g/mol. The first kappa shape index (κ1) is 16.1. The van der Waals surface area contributed by atoms with Gasteiger partial charge in [-0.1, -0.05) is 48.5 Å². The van der Waals surface area contributed by atoms with Gasteiger partial charge in [0.2, 0.25) is 0 Å². The van der Waals surface area contributed by atoms with Gasteiger partial charge >= 0.3 is 0 Å². The Morgan fingerprint density at radius 1 is 0.875 bits per heavy atom. The molecular weight excluding hydrogens is 294 g/mol. The Bertz CT molecular complexity index is 850. The zero-order valence-electron chi connectivity index (χ0n) is 14.1. The molecule has 0 spiro atoms. The van der Waals surface area contributed by atoms with Gasteiger partial charge in [-0.05, 0) is 53.8 Å². The van der Waals surface area contributed by atoms with E-state index < -0.39 is 0 Å². The molecule has 1 heterocycles. The van der Waals surface area contributed by atoms with Crippen LogP contribution in [-0.4, -0.2) is 10.8 Å². The second-order valence-electron chi connectivity index (χ2n) is 6.20. The number of aromatic nitrogens is 1. The van der Waals surface area contributed by atoms with Crippen LogP contribution in [0.4, 0.5) is 0 Å². The topological polar surface area (TPSA) is 30.0 Å². The minimum atomic E-state index is 0.247. The number of hydrogen-bond donors (Lipinski definition) is 0. The third kappa shape index (κ3) is 3.96. The van der Waals surface area contributed by atoms with Crippen molar-refractivity contribution < 1.29 is 4.79 Å². The Balaban J connectivity index is 1.68. The van der Waals surface area contributed by atoms with E-state index in [1.54, 1.807) is 0 Å². The van der Waals surface area contributed by atoms with Crippen molar-refractivity contribution in [3.8, 4) is 11.1 Å². The van der Waals surface area contributed by atoms with Gasteiger partial charge < -0.3 is 0 Å². The number of pyridine rings is 1. The molecule has 1 aromatic heterocycles. The van der Waals surface area contributed by atoms with Crippen LogP contribution in [0, 0.1) is 13.8 Å². The fraction of sp³-hybridized carbons (Fsp3) is 0.182. The lowest BCUT2D eigenvalue weighted by molar-refractivity contribution is -0.117. The second kappa shape index (κ2) is 7.22. The van der Waals surface area contributed by atoms with E-state index in [-0.39, 0.29) is 5.78 Å². The zero-order chi connectivity index (χ0) is 16.9. The summed E-state index contributed by atoms with van der Waals surface area (Å²) in [6.45, 7) is 4.04. The van der Waals surface area contributed by atoms with Crippen LogP contribution >= 0.6 is 0 Å².